The molecule has 0 aromatic carbocycles. The van der Waals surface area contributed by atoms with E-state index in [1.165, 1.54) is 51.4 Å². The van der Waals surface area contributed by atoms with E-state index in [4.69, 9.17) is 10.5 Å². The first-order valence-electron chi connectivity index (χ1n) is 6.62. The van der Waals surface area contributed by atoms with Gasteiger partial charge in [-0.1, -0.05) is 19.8 Å². The van der Waals surface area contributed by atoms with E-state index in [1.807, 2.05) is 0 Å². The Hall–Kier alpha value is -0.0800. The van der Waals surface area contributed by atoms with E-state index >= 15 is 0 Å². The average molecular weight is 211 g/mol. The molecule has 0 atom stereocenters. The molecule has 0 spiro atoms. The molecule has 2 N–H and O–H groups in total. The normalized spacial score (nSPS) is 35.6. The summed E-state index contributed by atoms with van der Waals surface area (Å²) >= 11 is 0. The third kappa shape index (κ3) is 2.73. The lowest BCUT2D eigenvalue weighted by molar-refractivity contribution is -0.0995. The molecule has 0 saturated heterocycles. The van der Waals surface area contributed by atoms with Crippen molar-refractivity contribution in [3.05, 3.63) is 0 Å². The fourth-order valence-corrected chi connectivity index (χ4v) is 3.09. The van der Waals surface area contributed by atoms with Gasteiger partial charge in [-0.25, -0.2) is 0 Å². The molecule has 0 unspecified atom stereocenters. The Labute approximate surface area is 93.6 Å². The molecule has 88 valence electrons. The van der Waals surface area contributed by atoms with Gasteiger partial charge in [-0.3, -0.25) is 0 Å². The molecule has 2 saturated carbocycles. The van der Waals surface area contributed by atoms with Crippen LogP contribution < -0.4 is 5.73 Å². The van der Waals surface area contributed by atoms with Gasteiger partial charge in [0.2, 0.25) is 0 Å². The highest BCUT2D eigenvalue weighted by atomic mass is 16.5. The lowest BCUT2D eigenvalue weighted by Crippen LogP contribution is -2.42. The summed E-state index contributed by atoms with van der Waals surface area (Å²) in [6, 6.07) is 0. The first-order valence-corrected chi connectivity index (χ1v) is 6.62. The quantitative estimate of drug-likeness (QED) is 0.779. The zero-order valence-corrected chi connectivity index (χ0v) is 10.0. The molecule has 0 heterocycles. The van der Waals surface area contributed by atoms with Crippen molar-refractivity contribution in [1.82, 2.24) is 0 Å². The van der Waals surface area contributed by atoms with Gasteiger partial charge < -0.3 is 10.5 Å². The third-order valence-electron chi connectivity index (χ3n) is 4.27. The predicted octanol–water partition coefficient (Wildman–Crippen LogP) is 2.85. The fourth-order valence-electron chi connectivity index (χ4n) is 3.09. The fraction of sp³-hybridized carbons (Fsp3) is 1.00. The van der Waals surface area contributed by atoms with Gasteiger partial charge in [-0.2, -0.15) is 0 Å². The summed E-state index contributed by atoms with van der Waals surface area (Å²) < 4.78 is 6.31. The monoisotopic (exact) mass is 211 g/mol. The van der Waals surface area contributed by atoms with Crippen molar-refractivity contribution < 1.29 is 4.74 Å². The Morgan fingerprint density at radius 2 is 1.73 bits per heavy atom. The topological polar surface area (TPSA) is 35.2 Å². The Morgan fingerprint density at radius 3 is 2.27 bits per heavy atom. The van der Waals surface area contributed by atoms with E-state index in [-0.39, 0.29) is 5.60 Å². The highest BCUT2D eigenvalue weighted by Gasteiger charge is 2.36. The third-order valence-corrected chi connectivity index (χ3v) is 4.27. The molecule has 0 bridgehead atoms. The Morgan fingerprint density at radius 1 is 1.13 bits per heavy atom. The number of hydrogen-bond donors (Lipinski definition) is 1. The molecule has 2 rings (SSSR count). The standard InChI is InChI=1S/C13H25NO/c1-11-4-6-12(7-5-11)15-13(10-14)8-2-3-9-13/h11-12H,2-10,14H2,1H3. The minimum Gasteiger partial charge on any atom is -0.370 e. The van der Waals surface area contributed by atoms with Crippen LogP contribution >= 0.6 is 0 Å². The zero-order valence-electron chi connectivity index (χ0n) is 10.0. The van der Waals surface area contributed by atoms with Crippen LogP contribution in [0.2, 0.25) is 0 Å². The summed E-state index contributed by atoms with van der Waals surface area (Å²) in [7, 11) is 0. The van der Waals surface area contributed by atoms with Crippen molar-refractivity contribution in [2.24, 2.45) is 11.7 Å². The van der Waals surface area contributed by atoms with E-state index in [0.717, 1.165) is 12.5 Å². The summed E-state index contributed by atoms with van der Waals surface area (Å²) in [5, 5.41) is 0. The predicted molar refractivity (Wildman–Crippen MR) is 62.8 cm³/mol. The van der Waals surface area contributed by atoms with Crippen molar-refractivity contribution in [2.75, 3.05) is 6.54 Å². The van der Waals surface area contributed by atoms with Crippen LogP contribution in [0, 0.1) is 5.92 Å². The van der Waals surface area contributed by atoms with E-state index < -0.39 is 0 Å². The van der Waals surface area contributed by atoms with Crippen LogP contribution in [-0.4, -0.2) is 18.2 Å². The summed E-state index contributed by atoms with van der Waals surface area (Å²) in [5.41, 5.74) is 5.95. The molecule has 2 aliphatic rings. The molecule has 2 aliphatic carbocycles. The molecule has 0 radical (unpaired) electrons. The second-order valence-electron chi connectivity index (χ2n) is 5.59. The van der Waals surface area contributed by atoms with Gasteiger partial charge in [0.15, 0.2) is 0 Å². The maximum atomic E-state index is 6.31. The molecule has 2 nitrogen and oxygen atoms in total. The van der Waals surface area contributed by atoms with E-state index in [0.29, 0.717) is 6.10 Å². The number of hydrogen-bond acceptors (Lipinski definition) is 2. The largest absolute Gasteiger partial charge is 0.370 e. The minimum absolute atomic E-state index is 0.0608. The van der Waals surface area contributed by atoms with E-state index in [9.17, 15) is 0 Å². The molecule has 0 aliphatic heterocycles. The number of nitrogens with two attached hydrogens (primary N) is 1. The first-order chi connectivity index (χ1) is 7.24. The molecule has 0 amide bonds. The van der Waals surface area contributed by atoms with Crippen molar-refractivity contribution in [3.8, 4) is 0 Å². The Bertz CT molecular complexity index is 191. The van der Waals surface area contributed by atoms with Crippen molar-refractivity contribution >= 4 is 0 Å². The molecular weight excluding hydrogens is 186 g/mol. The second kappa shape index (κ2) is 4.84. The van der Waals surface area contributed by atoms with Gasteiger partial charge >= 0.3 is 0 Å². The molecule has 0 aromatic heterocycles. The molecule has 2 fully saturated rings. The van der Waals surface area contributed by atoms with Crippen LogP contribution in [0.3, 0.4) is 0 Å². The second-order valence-corrected chi connectivity index (χ2v) is 5.59. The Kier molecular flexibility index (Phi) is 3.68. The summed E-state index contributed by atoms with van der Waals surface area (Å²) in [4.78, 5) is 0. The lowest BCUT2D eigenvalue weighted by Gasteiger charge is -2.36. The molecule has 15 heavy (non-hydrogen) atoms. The highest BCUT2D eigenvalue weighted by molar-refractivity contribution is 4.89. The van der Waals surface area contributed by atoms with Gasteiger partial charge in [0.1, 0.15) is 0 Å². The van der Waals surface area contributed by atoms with Gasteiger partial charge in [0.05, 0.1) is 11.7 Å². The van der Waals surface area contributed by atoms with Crippen LogP contribution in [0.15, 0.2) is 0 Å². The van der Waals surface area contributed by atoms with Crippen LogP contribution in [0.4, 0.5) is 0 Å². The van der Waals surface area contributed by atoms with Gasteiger partial charge in [0.25, 0.3) is 0 Å². The van der Waals surface area contributed by atoms with E-state index in [2.05, 4.69) is 6.92 Å². The minimum atomic E-state index is 0.0608. The zero-order chi connectivity index (χ0) is 10.7. The average Bonchev–Trinajstić information content (AvgIpc) is 2.71. The van der Waals surface area contributed by atoms with E-state index in [1.54, 1.807) is 0 Å². The van der Waals surface area contributed by atoms with Crippen LogP contribution in [0.25, 0.3) is 0 Å². The Balaban J connectivity index is 1.84. The SMILES string of the molecule is CC1CCC(OC2(CN)CCCC2)CC1. The molecular formula is C13H25NO. The first kappa shape index (κ1) is 11.4. The van der Waals surface area contributed by atoms with Crippen molar-refractivity contribution in [1.29, 1.82) is 0 Å². The van der Waals surface area contributed by atoms with Crippen LogP contribution in [-0.2, 0) is 4.74 Å². The van der Waals surface area contributed by atoms with Crippen molar-refractivity contribution in [3.63, 3.8) is 0 Å². The summed E-state index contributed by atoms with van der Waals surface area (Å²) in [6.07, 6.45) is 10.7. The van der Waals surface area contributed by atoms with Crippen LogP contribution in [0.1, 0.15) is 58.3 Å². The van der Waals surface area contributed by atoms with Gasteiger partial charge in [0, 0.05) is 6.54 Å². The van der Waals surface area contributed by atoms with Gasteiger partial charge in [-0.05, 0) is 44.4 Å². The maximum Gasteiger partial charge on any atom is 0.0807 e. The molecule has 0 aromatic rings. The molecule has 2 heteroatoms. The lowest BCUT2D eigenvalue weighted by atomic mass is 9.88. The smallest absolute Gasteiger partial charge is 0.0807 e. The summed E-state index contributed by atoms with van der Waals surface area (Å²) in [5.74, 6) is 0.905. The highest BCUT2D eigenvalue weighted by Crippen LogP contribution is 2.36. The van der Waals surface area contributed by atoms with Crippen molar-refractivity contribution in [2.45, 2.75) is 70.0 Å². The number of ether oxygens (including phenoxy) is 1. The maximum absolute atomic E-state index is 6.31. The van der Waals surface area contributed by atoms with Crippen LogP contribution in [0.5, 0.6) is 0 Å². The van der Waals surface area contributed by atoms with Gasteiger partial charge in [-0.15, -0.1) is 0 Å². The summed E-state index contributed by atoms with van der Waals surface area (Å²) in [6.45, 7) is 3.07. The number of rotatable bonds is 3.